The number of fused-ring (bicyclic) bond motifs is 1. The molecule has 6 N–H and O–H groups in total. The number of benzene rings is 3. The Labute approximate surface area is 389 Å². The number of hydrogen-bond acceptors (Lipinski definition) is 8. The van der Waals surface area contributed by atoms with Crippen molar-refractivity contribution in [1.29, 1.82) is 0 Å². The molecule has 11 nitrogen and oxygen atoms in total. The van der Waals surface area contributed by atoms with E-state index < -0.39 is 36.2 Å². The number of rotatable bonds is 12. The third-order valence-corrected chi connectivity index (χ3v) is 13.7. The van der Waals surface area contributed by atoms with Crippen LogP contribution in [-0.2, 0) is 11.8 Å². The summed E-state index contributed by atoms with van der Waals surface area (Å²) in [6, 6.07) is 24.9. The fourth-order valence-electron chi connectivity index (χ4n) is 9.72. The zero-order chi connectivity index (χ0) is 47.9. The van der Waals surface area contributed by atoms with Crippen molar-refractivity contribution in [3.63, 3.8) is 0 Å². The van der Waals surface area contributed by atoms with Gasteiger partial charge < -0.3 is 35.1 Å². The second-order valence-electron chi connectivity index (χ2n) is 18.3. The number of aromatic carboxylic acids is 3. The Morgan fingerprint density at radius 3 is 1.85 bits per heavy atom. The first-order chi connectivity index (χ1) is 31.6. The van der Waals surface area contributed by atoms with E-state index in [1.807, 2.05) is 12.3 Å². The van der Waals surface area contributed by atoms with Gasteiger partial charge in [0, 0.05) is 12.8 Å². The van der Waals surface area contributed by atoms with E-state index in [0.29, 0.717) is 53.2 Å². The first kappa shape index (κ1) is 51.1. The molecule has 0 radical (unpaired) electrons. The molecule has 352 valence electrons. The zero-order valence-electron chi connectivity index (χ0n) is 38.5. The van der Waals surface area contributed by atoms with Crippen molar-refractivity contribution in [1.82, 2.24) is 4.98 Å². The number of unbranched alkanes of at least 4 members (excludes halogenated alkanes) is 1. The van der Waals surface area contributed by atoms with Gasteiger partial charge in [-0.15, -0.1) is 0 Å². The lowest BCUT2D eigenvalue weighted by atomic mass is 9.61. The number of carbonyl (C=O) groups is 3. The number of hydrogen-bond donors (Lipinski definition) is 6. The smallest absolute Gasteiger partial charge is 0.335 e. The van der Waals surface area contributed by atoms with Crippen molar-refractivity contribution in [2.24, 2.45) is 23.2 Å². The van der Waals surface area contributed by atoms with Crippen LogP contribution >= 0.6 is 0 Å². The van der Waals surface area contributed by atoms with Crippen molar-refractivity contribution in [2.75, 3.05) is 0 Å². The fraction of sp³-hybridized carbons (Fsp3) is 0.418. The molecular weight excluding hydrogens is 835 g/mol. The van der Waals surface area contributed by atoms with E-state index in [9.17, 15) is 29.7 Å². The molecule has 66 heavy (non-hydrogen) atoms. The molecule has 7 atom stereocenters. The number of carboxylic acids is 3. The molecule has 1 heterocycles. The minimum atomic E-state index is -0.879. The third kappa shape index (κ3) is 13.6. The molecule has 4 aromatic rings. The first-order valence-corrected chi connectivity index (χ1v) is 23.2. The van der Waals surface area contributed by atoms with Gasteiger partial charge in [-0.05, 0) is 129 Å². The highest BCUT2D eigenvalue weighted by Gasteiger charge is 2.54. The molecule has 8 rings (SSSR count). The van der Waals surface area contributed by atoms with Crippen LogP contribution in [0.5, 0.6) is 0 Å². The average molecular weight is 902 g/mol. The summed E-state index contributed by atoms with van der Waals surface area (Å²) in [4.78, 5) is 35.2. The monoisotopic (exact) mass is 901 g/mol. The number of nitrogens with zero attached hydrogens (tertiary/aromatic N) is 1. The quantitative estimate of drug-likeness (QED) is 0.0740. The average Bonchev–Trinajstić information content (AvgIpc) is 3.85. The predicted molar refractivity (Wildman–Crippen MR) is 255 cm³/mol. The highest BCUT2D eigenvalue weighted by molar-refractivity contribution is 5.88. The Morgan fingerprint density at radius 2 is 1.36 bits per heavy atom. The van der Waals surface area contributed by atoms with E-state index in [2.05, 4.69) is 50.6 Å². The van der Waals surface area contributed by atoms with Crippen LogP contribution in [0.2, 0.25) is 0 Å². The number of oxazole rings is 1. The lowest BCUT2D eigenvalue weighted by molar-refractivity contribution is 0.0686. The maximum Gasteiger partial charge on any atom is 0.335 e. The number of aryl methyl sites for hydroxylation is 1. The van der Waals surface area contributed by atoms with Gasteiger partial charge >= 0.3 is 17.9 Å². The highest BCUT2D eigenvalue weighted by atomic mass is 16.4. The van der Waals surface area contributed by atoms with Crippen LogP contribution in [0, 0.1) is 23.2 Å². The molecule has 0 saturated heterocycles. The molecule has 0 amide bonds. The van der Waals surface area contributed by atoms with Gasteiger partial charge in [0.15, 0.2) is 0 Å². The molecule has 11 heteroatoms. The molecule has 1 aromatic heterocycles. The van der Waals surface area contributed by atoms with Gasteiger partial charge in [0.05, 0.1) is 46.6 Å². The summed E-state index contributed by atoms with van der Waals surface area (Å²) in [5, 5.41) is 56.7. The number of aromatic nitrogens is 1. The molecular formula is C55H67NO10. The Morgan fingerprint density at radius 1 is 0.818 bits per heavy atom. The summed E-state index contributed by atoms with van der Waals surface area (Å²) in [5.41, 5.74) is 4.14. The number of carboxylic acid groups (broad SMARTS) is 3. The van der Waals surface area contributed by atoms with Crippen molar-refractivity contribution < 1.29 is 49.4 Å². The van der Waals surface area contributed by atoms with Gasteiger partial charge in [0.25, 0.3) is 0 Å². The van der Waals surface area contributed by atoms with Crippen LogP contribution < -0.4 is 0 Å². The normalized spacial score (nSPS) is 24.9. The second kappa shape index (κ2) is 24.1. The first-order valence-electron chi connectivity index (χ1n) is 23.2. The zero-order valence-corrected chi connectivity index (χ0v) is 38.5. The Balaban J connectivity index is 0.000000241. The summed E-state index contributed by atoms with van der Waals surface area (Å²) in [6.45, 7) is 11.1. The van der Waals surface area contributed by atoms with Crippen molar-refractivity contribution in [3.8, 4) is 0 Å². The molecule has 0 bridgehead atoms. The molecule has 4 aliphatic rings. The van der Waals surface area contributed by atoms with E-state index >= 15 is 0 Å². The lowest BCUT2D eigenvalue weighted by Gasteiger charge is -2.44. The Kier molecular flexibility index (Phi) is 18.6. The summed E-state index contributed by atoms with van der Waals surface area (Å²) in [6.07, 6.45) is 20.7. The Hall–Kier alpha value is -5.88. The maximum atomic E-state index is 11.2. The van der Waals surface area contributed by atoms with Crippen molar-refractivity contribution >= 4 is 17.9 Å². The maximum absolute atomic E-state index is 11.2. The summed E-state index contributed by atoms with van der Waals surface area (Å²) < 4.78 is 6.08. The van der Waals surface area contributed by atoms with Crippen molar-refractivity contribution in [3.05, 3.63) is 173 Å². The topological polar surface area (TPSA) is 199 Å². The van der Waals surface area contributed by atoms with Crippen LogP contribution in [0.3, 0.4) is 0 Å². The minimum absolute atomic E-state index is 0.244. The number of aliphatic hydroxyl groups excluding tert-OH is 3. The molecule has 0 spiro atoms. The minimum Gasteiger partial charge on any atom is -0.478 e. The summed E-state index contributed by atoms with van der Waals surface area (Å²) >= 11 is 0. The molecule has 4 saturated carbocycles. The fourth-order valence-corrected chi connectivity index (χ4v) is 9.72. The van der Waals surface area contributed by atoms with Gasteiger partial charge in [0.2, 0.25) is 5.89 Å². The lowest BCUT2D eigenvalue weighted by Crippen LogP contribution is -2.35. The second-order valence-corrected chi connectivity index (χ2v) is 18.3. The third-order valence-electron chi connectivity index (χ3n) is 13.7. The van der Waals surface area contributed by atoms with E-state index in [4.69, 9.17) is 19.7 Å². The molecule has 0 unspecified atom stereocenters. The van der Waals surface area contributed by atoms with Gasteiger partial charge in [-0.3, -0.25) is 0 Å². The van der Waals surface area contributed by atoms with E-state index in [-0.39, 0.29) is 10.8 Å². The number of aliphatic hydroxyl groups is 3. The molecule has 4 fully saturated rings. The van der Waals surface area contributed by atoms with Crippen LogP contribution in [0.15, 0.2) is 149 Å². The predicted octanol–water partition coefficient (Wildman–Crippen LogP) is 10.9. The van der Waals surface area contributed by atoms with E-state index in [1.54, 1.807) is 91.0 Å². The highest BCUT2D eigenvalue weighted by Crippen LogP contribution is 2.60. The van der Waals surface area contributed by atoms with Crippen LogP contribution in [0.25, 0.3) is 0 Å². The SMILES string of the molecule is C=C1/C(=C\C=C2/CCC[C@]3(C)[C@@H]([C@H](C)/C=C/[C@@H](O)C4(c5ncc(CCCC)o5)CC4)CC[C@@H]23)C[C@@H](O)C[C@@H]1O.O=C(O)c1ccccc1.O=C(O)c1ccccc1.O=C(O)c1ccccc1. The van der Waals surface area contributed by atoms with Crippen molar-refractivity contribution in [2.45, 2.75) is 122 Å². The number of allylic oxidation sites excluding steroid dienone is 4. The van der Waals surface area contributed by atoms with Gasteiger partial charge in [-0.1, -0.05) is 118 Å². The van der Waals surface area contributed by atoms with Crippen LogP contribution in [-0.4, -0.2) is 71.8 Å². The van der Waals surface area contributed by atoms with Gasteiger partial charge in [0.1, 0.15) is 5.76 Å². The van der Waals surface area contributed by atoms with Crippen LogP contribution in [0.4, 0.5) is 0 Å². The summed E-state index contributed by atoms with van der Waals surface area (Å²) in [5.74, 6) is 0.531. The van der Waals surface area contributed by atoms with Gasteiger partial charge in [-0.25, -0.2) is 19.4 Å². The van der Waals surface area contributed by atoms with Crippen LogP contribution in [0.1, 0.15) is 134 Å². The summed E-state index contributed by atoms with van der Waals surface area (Å²) in [7, 11) is 0. The Bertz CT molecular complexity index is 2180. The molecule has 0 aliphatic heterocycles. The van der Waals surface area contributed by atoms with E-state index in [0.717, 1.165) is 55.4 Å². The van der Waals surface area contributed by atoms with E-state index in [1.165, 1.54) is 31.3 Å². The largest absolute Gasteiger partial charge is 0.478 e. The molecule has 4 aliphatic carbocycles. The standard InChI is InChI=1S/C34H49NO4.3C7H6O2/c1-5-6-9-27-21-35-32(39-27)34(17-18-34)31(38)15-10-22(2)28-13-14-29-24(8-7-16-33(28,29)4)11-12-25-19-26(36)20-30(37)23(25)3;3*8-7(9)6-4-2-1-3-5-6/h10-12,15,21-22,26,28-31,36-38H,3,5-9,13-14,16-20H2,1-2,4H3;3*1-5H,(H,8,9)/b15-10+,24-11+,25-12-;;;/t22-,26-,28-,29+,30+,31-,33-;;;/m1.../s1. The van der Waals surface area contributed by atoms with Gasteiger partial charge in [-0.2, -0.15) is 0 Å². The molecule has 3 aromatic carbocycles.